The van der Waals surface area contributed by atoms with E-state index in [1.165, 1.54) is 6.07 Å². The number of anilines is 1. The molecule has 0 saturated carbocycles. The van der Waals surface area contributed by atoms with Crippen LogP contribution in [-0.2, 0) is 0 Å². The summed E-state index contributed by atoms with van der Waals surface area (Å²) in [6.45, 7) is 0.688. The second-order valence-corrected chi connectivity index (χ2v) is 5.55. The molecule has 0 aliphatic carbocycles. The predicted molar refractivity (Wildman–Crippen MR) is 89.3 cm³/mol. The lowest BCUT2D eigenvalue weighted by molar-refractivity contribution is -0.384. The molecule has 3 rings (SSSR count). The van der Waals surface area contributed by atoms with Crippen LogP contribution in [0.4, 0.5) is 11.4 Å². The minimum absolute atomic E-state index is 0.0295. The lowest BCUT2D eigenvalue weighted by Gasteiger charge is -2.27. The van der Waals surface area contributed by atoms with Crippen molar-refractivity contribution >= 4 is 17.1 Å². The summed E-state index contributed by atoms with van der Waals surface area (Å²) in [7, 11) is 1.86. The molecule has 1 aliphatic heterocycles. The first-order valence-corrected chi connectivity index (χ1v) is 7.34. The lowest BCUT2D eigenvalue weighted by Crippen LogP contribution is -2.34. The molecular weight excluding hydrogens is 294 g/mol. The standard InChI is InChI=1S/C17H17N3O3/c1-19-11-14(21)10-18-17(12-5-3-2-4-6-12)15-9-13(20(22)23)7-8-16(15)19/h2-9,14,21H,10-11H2,1H3/b18-17-. The zero-order chi connectivity index (χ0) is 16.4. The van der Waals surface area contributed by atoms with E-state index in [4.69, 9.17) is 0 Å². The molecule has 1 heterocycles. The fraction of sp³-hybridized carbons (Fsp3) is 0.235. The van der Waals surface area contributed by atoms with Gasteiger partial charge in [-0.05, 0) is 6.07 Å². The summed E-state index contributed by atoms with van der Waals surface area (Å²) in [5.41, 5.74) is 3.09. The highest BCUT2D eigenvalue weighted by atomic mass is 16.6. The molecule has 6 nitrogen and oxygen atoms in total. The quantitative estimate of drug-likeness (QED) is 0.681. The van der Waals surface area contributed by atoms with Crippen molar-refractivity contribution in [3.63, 3.8) is 0 Å². The Bertz CT molecular complexity index is 759. The molecule has 0 spiro atoms. The van der Waals surface area contributed by atoms with Gasteiger partial charge in [-0.3, -0.25) is 15.1 Å². The van der Waals surface area contributed by atoms with E-state index in [1.807, 2.05) is 42.3 Å². The van der Waals surface area contributed by atoms with Gasteiger partial charge in [-0.2, -0.15) is 0 Å². The number of non-ortho nitro benzene ring substituents is 1. The molecule has 1 atom stereocenters. The van der Waals surface area contributed by atoms with Crippen molar-refractivity contribution < 1.29 is 10.0 Å². The molecule has 2 aromatic rings. The number of nitro groups is 1. The second kappa shape index (κ2) is 6.18. The van der Waals surface area contributed by atoms with E-state index in [2.05, 4.69) is 4.99 Å². The Labute approximate surface area is 133 Å². The summed E-state index contributed by atoms with van der Waals surface area (Å²) in [5, 5.41) is 21.2. The first-order chi connectivity index (χ1) is 11.1. The molecule has 0 radical (unpaired) electrons. The third-order valence-corrected chi connectivity index (χ3v) is 3.85. The Kier molecular flexibility index (Phi) is 4.08. The average Bonchev–Trinajstić information content (AvgIpc) is 2.54. The zero-order valence-corrected chi connectivity index (χ0v) is 12.7. The van der Waals surface area contributed by atoms with Crippen molar-refractivity contribution in [3.05, 3.63) is 69.8 Å². The number of likely N-dealkylation sites (N-methyl/N-ethyl adjacent to an activating group) is 1. The van der Waals surface area contributed by atoms with Gasteiger partial charge >= 0.3 is 0 Å². The first kappa shape index (κ1) is 15.2. The number of nitrogens with zero attached hydrogens (tertiary/aromatic N) is 3. The van der Waals surface area contributed by atoms with Crippen LogP contribution < -0.4 is 4.90 Å². The summed E-state index contributed by atoms with van der Waals surface area (Å²) in [4.78, 5) is 17.2. The molecule has 1 unspecified atom stereocenters. The predicted octanol–water partition coefficient (Wildman–Crippen LogP) is 2.24. The summed E-state index contributed by atoms with van der Waals surface area (Å²) in [6, 6.07) is 14.3. The largest absolute Gasteiger partial charge is 0.389 e. The van der Waals surface area contributed by atoms with Crippen LogP contribution in [0.5, 0.6) is 0 Å². The molecule has 0 saturated heterocycles. The highest BCUT2D eigenvalue weighted by molar-refractivity contribution is 6.16. The van der Waals surface area contributed by atoms with E-state index >= 15 is 0 Å². The van der Waals surface area contributed by atoms with Crippen molar-refractivity contribution in [2.24, 2.45) is 4.99 Å². The molecule has 23 heavy (non-hydrogen) atoms. The van der Waals surface area contributed by atoms with E-state index < -0.39 is 11.0 Å². The minimum Gasteiger partial charge on any atom is -0.389 e. The summed E-state index contributed by atoms with van der Waals surface area (Å²) < 4.78 is 0. The molecule has 0 aromatic heterocycles. The normalized spacial score (nSPS) is 20.0. The van der Waals surface area contributed by atoms with Crippen LogP contribution in [0, 0.1) is 10.1 Å². The summed E-state index contributed by atoms with van der Waals surface area (Å²) in [6.07, 6.45) is -0.581. The van der Waals surface area contributed by atoms with E-state index in [0.29, 0.717) is 17.8 Å². The number of hydrogen-bond donors (Lipinski definition) is 1. The number of aliphatic imine (C=N–C) groups is 1. The van der Waals surface area contributed by atoms with Gasteiger partial charge in [0.2, 0.25) is 0 Å². The number of nitro benzene ring substituents is 1. The van der Waals surface area contributed by atoms with Crippen LogP contribution in [-0.4, -0.2) is 42.0 Å². The van der Waals surface area contributed by atoms with E-state index in [0.717, 1.165) is 11.3 Å². The van der Waals surface area contributed by atoms with E-state index in [1.54, 1.807) is 12.1 Å². The van der Waals surface area contributed by atoms with Gasteiger partial charge in [-0.25, -0.2) is 0 Å². The minimum atomic E-state index is -0.581. The zero-order valence-electron chi connectivity index (χ0n) is 12.7. The summed E-state index contributed by atoms with van der Waals surface area (Å²) >= 11 is 0. The van der Waals surface area contributed by atoms with Gasteiger partial charge in [-0.1, -0.05) is 30.3 Å². The third kappa shape index (κ3) is 3.07. The van der Waals surface area contributed by atoms with Gasteiger partial charge in [0.15, 0.2) is 0 Å². The van der Waals surface area contributed by atoms with Crippen LogP contribution in [0.15, 0.2) is 53.5 Å². The fourth-order valence-corrected chi connectivity index (χ4v) is 2.76. The van der Waals surface area contributed by atoms with Gasteiger partial charge < -0.3 is 10.0 Å². The SMILES string of the molecule is CN1CC(O)C/N=C(/c2ccccc2)c2cc([N+](=O)[O-])ccc21. The average molecular weight is 311 g/mol. The maximum atomic E-state index is 11.1. The first-order valence-electron chi connectivity index (χ1n) is 7.34. The Morgan fingerprint density at radius 1 is 1.26 bits per heavy atom. The van der Waals surface area contributed by atoms with Crippen molar-refractivity contribution in [2.75, 3.05) is 25.0 Å². The van der Waals surface area contributed by atoms with Crippen LogP contribution in [0.1, 0.15) is 11.1 Å². The highest BCUT2D eigenvalue weighted by Gasteiger charge is 2.22. The number of aliphatic hydroxyl groups is 1. The summed E-state index contributed by atoms with van der Waals surface area (Å²) in [5.74, 6) is 0. The highest BCUT2D eigenvalue weighted by Crippen LogP contribution is 2.29. The van der Waals surface area contributed by atoms with E-state index in [-0.39, 0.29) is 12.2 Å². The topological polar surface area (TPSA) is 79.0 Å². The number of fused-ring (bicyclic) bond motifs is 1. The molecule has 118 valence electrons. The van der Waals surface area contributed by atoms with Gasteiger partial charge in [0.05, 0.1) is 23.3 Å². The van der Waals surface area contributed by atoms with Gasteiger partial charge in [0.25, 0.3) is 5.69 Å². The molecule has 6 heteroatoms. The van der Waals surface area contributed by atoms with Crippen LogP contribution >= 0.6 is 0 Å². The molecular formula is C17H17N3O3. The van der Waals surface area contributed by atoms with Crippen molar-refractivity contribution in [2.45, 2.75) is 6.10 Å². The molecule has 1 N–H and O–H groups in total. The van der Waals surface area contributed by atoms with Crippen molar-refractivity contribution in [1.82, 2.24) is 0 Å². The maximum absolute atomic E-state index is 11.1. The van der Waals surface area contributed by atoms with Gasteiger partial charge in [0.1, 0.15) is 0 Å². The number of β-amino-alcohol motifs (C(OH)–C–C–N with tert-alkyl or cyclic N) is 1. The maximum Gasteiger partial charge on any atom is 0.270 e. The Morgan fingerprint density at radius 2 is 2.00 bits per heavy atom. The van der Waals surface area contributed by atoms with Gasteiger partial charge in [-0.15, -0.1) is 0 Å². The van der Waals surface area contributed by atoms with Crippen molar-refractivity contribution in [1.29, 1.82) is 0 Å². The Balaban J connectivity index is 2.21. The molecule has 0 amide bonds. The van der Waals surface area contributed by atoms with Gasteiger partial charge in [0, 0.05) is 42.5 Å². The molecule has 2 aromatic carbocycles. The fourth-order valence-electron chi connectivity index (χ4n) is 2.76. The Morgan fingerprint density at radius 3 is 2.70 bits per heavy atom. The van der Waals surface area contributed by atoms with Crippen LogP contribution in [0.2, 0.25) is 0 Å². The number of hydrogen-bond acceptors (Lipinski definition) is 5. The smallest absolute Gasteiger partial charge is 0.270 e. The second-order valence-electron chi connectivity index (χ2n) is 5.55. The van der Waals surface area contributed by atoms with Crippen molar-refractivity contribution in [3.8, 4) is 0 Å². The molecule has 1 aliphatic rings. The monoisotopic (exact) mass is 311 g/mol. The van der Waals surface area contributed by atoms with E-state index in [9.17, 15) is 15.2 Å². The Hall–Kier alpha value is -2.73. The van der Waals surface area contributed by atoms with Crippen LogP contribution in [0.25, 0.3) is 0 Å². The molecule has 0 fully saturated rings. The molecule has 0 bridgehead atoms. The number of aliphatic hydroxyl groups excluding tert-OH is 1. The number of rotatable bonds is 2. The van der Waals surface area contributed by atoms with Crippen LogP contribution in [0.3, 0.4) is 0 Å². The number of benzene rings is 2. The third-order valence-electron chi connectivity index (χ3n) is 3.85. The lowest BCUT2D eigenvalue weighted by atomic mass is 9.98.